The molecule has 0 spiro atoms. The van der Waals surface area contributed by atoms with Gasteiger partial charge in [-0.25, -0.2) is 0 Å². The van der Waals surface area contributed by atoms with Crippen molar-refractivity contribution in [3.63, 3.8) is 0 Å². The Morgan fingerprint density at radius 3 is 2.25 bits per heavy atom. The van der Waals surface area contributed by atoms with E-state index >= 15 is 0 Å². The molecule has 5 heteroatoms. The quantitative estimate of drug-likeness (QED) is 0.804. The molecule has 0 unspecified atom stereocenters. The van der Waals surface area contributed by atoms with Gasteiger partial charge < -0.3 is 0 Å². The van der Waals surface area contributed by atoms with Gasteiger partial charge in [0.05, 0.1) is 0 Å². The van der Waals surface area contributed by atoms with E-state index in [0.29, 0.717) is 12.1 Å². The van der Waals surface area contributed by atoms with Gasteiger partial charge in [0.2, 0.25) is 0 Å². The van der Waals surface area contributed by atoms with Gasteiger partial charge in [0.1, 0.15) is 0 Å². The first-order chi connectivity index (χ1) is 7.49. The predicted octanol–water partition coefficient (Wildman–Crippen LogP) is 0.528. The van der Waals surface area contributed by atoms with Crippen molar-refractivity contribution in [3.05, 3.63) is 29.8 Å². The fourth-order valence-electron chi connectivity index (χ4n) is 1.57. The first kappa shape index (κ1) is 13.3. The molecule has 0 atom stereocenters. The molecule has 4 nitrogen and oxygen atoms in total. The van der Waals surface area contributed by atoms with E-state index in [9.17, 15) is 7.67 Å². The molecule has 0 aliphatic rings. The summed E-state index contributed by atoms with van der Waals surface area (Å²) in [5.74, 6) is 0. The van der Waals surface area contributed by atoms with Gasteiger partial charge in [-0.1, -0.05) is 0 Å². The van der Waals surface area contributed by atoms with Crippen LogP contribution in [0.2, 0.25) is 0 Å². The molecule has 0 aliphatic heterocycles. The number of rotatable bonds is 5. The Labute approximate surface area is 97.8 Å². The van der Waals surface area contributed by atoms with E-state index in [1.54, 1.807) is 18.2 Å². The van der Waals surface area contributed by atoms with Gasteiger partial charge in [-0.2, -0.15) is 0 Å². The van der Waals surface area contributed by atoms with Gasteiger partial charge >= 0.3 is 97.6 Å². The third-order valence-corrected chi connectivity index (χ3v) is 4.54. The number of benzene rings is 1. The molecule has 0 saturated carbocycles. The molecule has 90 valence electrons. The molecule has 1 N–H and O–H groups in total. The van der Waals surface area contributed by atoms with E-state index in [1.807, 2.05) is 13.8 Å². The molecular formula is C11H17NO3Se. The summed E-state index contributed by atoms with van der Waals surface area (Å²) in [6.07, 6.45) is 0. The Kier molecular flexibility index (Phi) is 4.62. The third kappa shape index (κ3) is 3.39. The van der Waals surface area contributed by atoms with Crippen molar-refractivity contribution in [2.45, 2.75) is 20.4 Å². The molecule has 0 aliphatic carbocycles. The second-order valence-electron chi connectivity index (χ2n) is 3.54. The average Bonchev–Trinajstić information content (AvgIpc) is 2.25. The standard InChI is InChI=1S/C11H17NO3Se/c1-3-12(4-2)9-10-7-5-6-8-11(10)16(13,14)15/h5-8H,3-4,9H2,1-2H3,(H,13,14,15). The van der Waals surface area contributed by atoms with Crippen LogP contribution < -0.4 is 4.46 Å². The van der Waals surface area contributed by atoms with Crippen molar-refractivity contribution in [2.75, 3.05) is 13.1 Å². The van der Waals surface area contributed by atoms with E-state index in [1.165, 1.54) is 6.07 Å². The van der Waals surface area contributed by atoms with Crippen LogP contribution in [0.5, 0.6) is 0 Å². The van der Waals surface area contributed by atoms with Crippen molar-refractivity contribution >= 4 is 17.5 Å². The Balaban J connectivity index is 3.05. The molecule has 0 amide bonds. The minimum atomic E-state index is -4.88. The Hall–Kier alpha value is -0.741. The fourth-order valence-corrected chi connectivity index (χ4v) is 3.07. The summed E-state index contributed by atoms with van der Waals surface area (Å²) in [6.45, 7) is 6.29. The zero-order valence-corrected chi connectivity index (χ0v) is 11.3. The number of hydrogen-bond acceptors (Lipinski definition) is 3. The summed E-state index contributed by atoms with van der Waals surface area (Å²) in [5.41, 5.74) is 0.665. The molecule has 0 fully saturated rings. The third-order valence-electron chi connectivity index (χ3n) is 2.54. The first-order valence-corrected chi connectivity index (χ1v) is 8.29. The topological polar surface area (TPSA) is 57.6 Å². The Bertz CT molecular complexity index is 438. The van der Waals surface area contributed by atoms with Crippen LogP contribution in [0, 0.1) is 0 Å². The second kappa shape index (κ2) is 5.55. The Morgan fingerprint density at radius 1 is 1.19 bits per heavy atom. The van der Waals surface area contributed by atoms with Gasteiger partial charge in [0.25, 0.3) is 0 Å². The summed E-state index contributed by atoms with van der Waals surface area (Å²) in [5, 5.41) is 0. The molecule has 1 aromatic rings. The maximum atomic E-state index is 11.2. The van der Waals surface area contributed by atoms with Crippen LogP contribution in [0.25, 0.3) is 0 Å². The van der Waals surface area contributed by atoms with Crippen LogP contribution in [-0.2, 0) is 14.2 Å². The van der Waals surface area contributed by atoms with Gasteiger partial charge in [-0.3, -0.25) is 0 Å². The SMILES string of the molecule is CCN(CC)Cc1ccccc1[Se](=O)(=O)O. The van der Waals surface area contributed by atoms with Crippen LogP contribution in [0.3, 0.4) is 0 Å². The minimum absolute atomic E-state index is 0.0747. The normalized spacial score (nSPS) is 12.0. The van der Waals surface area contributed by atoms with Crippen molar-refractivity contribution in [1.29, 1.82) is 0 Å². The first-order valence-electron chi connectivity index (χ1n) is 5.26. The van der Waals surface area contributed by atoms with Crippen LogP contribution in [-0.4, -0.2) is 35.2 Å². The van der Waals surface area contributed by atoms with E-state index in [4.69, 9.17) is 4.19 Å². The molecule has 0 aromatic heterocycles. The van der Waals surface area contributed by atoms with E-state index in [2.05, 4.69) is 4.90 Å². The fraction of sp³-hybridized carbons (Fsp3) is 0.455. The Morgan fingerprint density at radius 2 is 1.75 bits per heavy atom. The van der Waals surface area contributed by atoms with Crippen molar-refractivity contribution in [3.8, 4) is 0 Å². The van der Waals surface area contributed by atoms with Crippen molar-refractivity contribution < 1.29 is 11.9 Å². The summed E-state index contributed by atoms with van der Waals surface area (Å²) in [6, 6.07) is 6.61. The van der Waals surface area contributed by atoms with E-state index in [0.717, 1.165) is 13.1 Å². The van der Waals surface area contributed by atoms with E-state index < -0.39 is 13.0 Å². The molecule has 0 bridgehead atoms. The monoisotopic (exact) mass is 291 g/mol. The van der Waals surface area contributed by atoms with Gasteiger partial charge in [-0.05, 0) is 0 Å². The summed E-state index contributed by atoms with van der Waals surface area (Å²) in [7, 11) is 0. The number of hydrogen-bond donors (Lipinski definition) is 1. The van der Waals surface area contributed by atoms with Gasteiger partial charge in [0, 0.05) is 0 Å². The van der Waals surface area contributed by atoms with Crippen LogP contribution in [0.15, 0.2) is 24.3 Å². The molecule has 0 heterocycles. The molecule has 1 aromatic carbocycles. The van der Waals surface area contributed by atoms with Gasteiger partial charge in [-0.15, -0.1) is 0 Å². The number of nitrogens with zero attached hydrogens (tertiary/aromatic N) is 1. The average molecular weight is 290 g/mol. The summed E-state index contributed by atoms with van der Waals surface area (Å²) in [4.78, 5) is 2.10. The van der Waals surface area contributed by atoms with Crippen LogP contribution in [0.1, 0.15) is 19.4 Å². The van der Waals surface area contributed by atoms with Gasteiger partial charge in [0.15, 0.2) is 0 Å². The van der Waals surface area contributed by atoms with Crippen molar-refractivity contribution in [2.24, 2.45) is 0 Å². The molecule has 0 saturated heterocycles. The summed E-state index contributed by atoms with van der Waals surface area (Å²) < 4.78 is 31.7. The van der Waals surface area contributed by atoms with Crippen LogP contribution in [0.4, 0.5) is 0 Å². The molecular weight excluding hydrogens is 273 g/mol. The molecule has 0 radical (unpaired) electrons. The maximum absolute atomic E-state index is 11.2. The van der Waals surface area contributed by atoms with E-state index in [-0.39, 0.29) is 4.46 Å². The predicted molar refractivity (Wildman–Crippen MR) is 62.0 cm³/mol. The van der Waals surface area contributed by atoms with Crippen LogP contribution >= 0.6 is 0 Å². The summed E-state index contributed by atoms with van der Waals surface area (Å²) >= 11 is -4.88. The zero-order chi connectivity index (χ0) is 12.2. The molecule has 16 heavy (non-hydrogen) atoms. The molecule has 1 rings (SSSR count). The zero-order valence-electron chi connectivity index (χ0n) is 9.55. The van der Waals surface area contributed by atoms with Crippen molar-refractivity contribution in [1.82, 2.24) is 4.90 Å². The second-order valence-corrected chi connectivity index (χ2v) is 6.46.